The molecule has 0 radical (unpaired) electrons. The van der Waals surface area contributed by atoms with Gasteiger partial charge >= 0.3 is 0 Å². The molecule has 0 amide bonds. The van der Waals surface area contributed by atoms with E-state index < -0.39 is 0 Å². The number of benzene rings is 1. The number of carbonyl (C=O) groups excluding carboxylic acids is 1. The highest BCUT2D eigenvalue weighted by Crippen LogP contribution is 2.17. The van der Waals surface area contributed by atoms with Crippen molar-refractivity contribution >= 4 is 5.78 Å². The Morgan fingerprint density at radius 3 is 2.80 bits per heavy atom. The van der Waals surface area contributed by atoms with E-state index in [2.05, 4.69) is 25.7 Å². The second-order valence-electron chi connectivity index (χ2n) is 5.74. The standard InChI is InChI=1S/C17H25NO2/c1-5-16-11-18(8-9-20-16)14(4)17(19)15-7-6-12(2)13(3)10-15/h6-7,10,14,16H,5,8-9,11H2,1-4H3. The summed E-state index contributed by atoms with van der Waals surface area (Å²) in [6, 6.07) is 5.91. The summed E-state index contributed by atoms with van der Waals surface area (Å²) >= 11 is 0. The van der Waals surface area contributed by atoms with Gasteiger partial charge in [-0.2, -0.15) is 0 Å². The molecule has 3 nitrogen and oxygen atoms in total. The molecule has 1 fully saturated rings. The Morgan fingerprint density at radius 2 is 2.15 bits per heavy atom. The minimum absolute atomic E-state index is 0.0740. The summed E-state index contributed by atoms with van der Waals surface area (Å²) in [4.78, 5) is 14.9. The van der Waals surface area contributed by atoms with Crippen LogP contribution >= 0.6 is 0 Å². The quantitative estimate of drug-likeness (QED) is 0.791. The first-order valence-corrected chi connectivity index (χ1v) is 7.50. The molecule has 0 spiro atoms. The lowest BCUT2D eigenvalue weighted by Crippen LogP contribution is -2.49. The van der Waals surface area contributed by atoms with Crippen LogP contribution in [0.4, 0.5) is 0 Å². The molecule has 2 rings (SSSR count). The van der Waals surface area contributed by atoms with Crippen LogP contribution in [0.1, 0.15) is 41.8 Å². The topological polar surface area (TPSA) is 29.5 Å². The molecular formula is C17H25NO2. The molecule has 0 N–H and O–H groups in total. The fraction of sp³-hybridized carbons (Fsp3) is 0.588. The number of rotatable bonds is 4. The zero-order valence-corrected chi connectivity index (χ0v) is 13.0. The minimum atomic E-state index is -0.0740. The van der Waals surface area contributed by atoms with E-state index in [9.17, 15) is 4.79 Å². The molecule has 0 aromatic heterocycles. The Kier molecular flexibility index (Phi) is 4.95. The number of hydrogen-bond donors (Lipinski definition) is 0. The lowest BCUT2D eigenvalue weighted by molar-refractivity contribution is -0.0382. The molecule has 1 heterocycles. The second kappa shape index (κ2) is 6.51. The van der Waals surface area contributed by atoms with Crippen LogP contribution in [0.2, 0.25) is 0 Å². The van der Waals surface area contributed by atoms with E-state index in [1.165, 1.54) is 11.1 Å². The monoisotopic (exact) mass is 275 g/mol. The molecule has 3 heteroatoms. The van der Waals surface area contributed by atoms with Crippen LogP contribution in [0.25, 0.3) is 0 Å². The van der Waals surface area contributed by atoms with Crippen LogP contribution in [0.15, 0.2) is 18.2 Å². The van der Waals surface area contributed by atoms with E-state index in [-0.39, 0.29) is 17.9 Å². The van der Waals surface area contributed by atoms with Gasteiger partial charge in [0.05, 0.1) is 18.8 Å². The largest absolute Gasteiger partial charge is 0.376 e. The second-order valence-corrected chi connectivity index (χ2v) is 5.74. The summed E-state index contributed by atoms with van der Waals surface area (Å²) in [5, 5.41) is 0. The van der Waals surface area contributed by atoms with Crippen molar-refractivity contribution < 1.29 is 9.53 Å². The average Bonchev–Trinajstić information content (AvgIpc) is 2.48. The third-order valence-electron chi connectivity index (χ3n) is 4.34. The number of ketones is 1. The molecule has 1 aliphatic rings. The molecule has 1 aromatic carbocycles. The first-order chi connectivity index (χ1) is 9.52. The maximum Gasteiger partial charge on any atom is 0.179 e. The first-order valence-electron chi connectivity index (χ1n) is 7.50. The van der Waals surface area contributed by atoms with Gasteiger partial charge in [-0.05, 0) is 44.4 Å². The lowest BCUT2D eigenvalue weighted by Gasteiger charge is -2.35. The Labute approximate surface area is 121 Å². The van der Waals surface area contributed by atoms with Crippen LogP contribution in [0, 0.1) is 13.8 Å². The molecule has 0 aliphatic carbocycles. The zero-order chi connectivity index (χ0) is 14.7. The number of aryl methyl sites for hydroxylation is 2. The van der Waals surface area contributed by atoms with Gasteiger partial charge in [0, 0.05) is 18.7 Å². The fourth-order valence-corrected chi connectivity index (χ4v) is 2.64. The lowest BCUT2D eigenvalue weighted by atomic mass is 9.99. The molecule has 110 valence electrons. The van der Waals surface area contributed by atoms with Crippen LogP contribution in [-0.2, 0) is 4.74 Å². The summed E-state index contributed by atoms with van der Waals surface area (Å²) in [6.07, 6.45) is 1.26. The van der Waals surface area contributed by atoms with Gasteiger partial charge in [-0.25, -0.2) is 0 Å². The van der Waals surface area contributed by atoms with Crippen LogP contribution in [-0.4, -0.2) is 42.5 Å². The van der Waals surface area contributed by atoms with Crippen molar-refractivity contribution in [2.45, 2.75) is 46.3 Å². The summed E-state index contributed by atoms with van der Waals surface area (Å²) in [7, 11) is 0. The van der Waals surface area contributed by atoms with Crippen molar-refractivity contribution in [2.75, 3.05) is 19.7 Å². The molecule has 1 aliphatic heterocycles. The molecule has 2 atom stereocenters. The van der Waals surface area contributed by atoms with Gasteiger partial charge in [0.2, 0.25) is 0 Å². The molecule has 0 bridgehead atoms. The summed E-state index contributed by atoms with van der Waals surface area (Å²) < 4.78 is 5.67. The van der Waals surface area contributed by atoms with Crippen LogP contribution in [0.5, 0.6) is 0 Å². The third-order valence-corrected chi connectivity index (χ3v) is 4.34. The predicted octanol–water partition coefficient (Wildman–Crippen LogP) is 2.99. The number of nitrogens with zero attached hydrogens (tertiary/aromatic N) is 1. The van der Waals surface area contributed by atoms with E-state index in [0.717, 1.165) is 31.7 Å². The Bertz CT molecular complexity index is 484. The molecule has 2 unspecified atom stereocenters. The van der Waals surface area contributed by atoms with E-state index in [1.54, 1.807) is 0 Å². The Balaban J connectivity index is 2.09. The van der Waals surface area contributed by atoms with Gasteiger partial charge in [-0.3, -0.25) is 9.69 Å². The van der Waals surface area contributed by atoms with E-state index >= 15 is 0 Å². The number of Topliss-reactive ketones (excluding diaryl/α,β-unsaturated/α-hetero) is 1. The molecule has 20 heavy (non-hydrogen) atoms. The SMILES string of the molecule is CCC1CN(C(C)C(=O)c2ccc(C)c(C)c2)CCO1. The summed E-state index contributed by atoms with van der Waals surface area (Å²) in [6.45, 7) is 10.7. The molecular weight excluding hydrogens is 250 g/mol. The van der Waals surface area contributed by atoms with E-state index in [1.807, 2.05) is 25.1 Å². The number of hydrogen-bond acceptors (Lipinski definition) is 3. The highest BCUT2D eigenvalue weighted by molar-refractivity contribution is 6.00. The maximum absolute atomic E-state index is 12.6. The zero-order valence-electron chi connectivity index (χ0n) is 13.0. The van der Waals surface area contributed by atoms with Crippen LogP contribution < -0.4 is 0 Å². The smallest absolute Gasteiger partial charge is 0.179 e. The van der Waals surface area contributed by atoms with Gasteiger partial charge in [-0.15, -0.1) is 0 Å². The highest BCUT2D eigenvalue weighted by Gasteiger charge is 2.27. The molecule has 1 saturated heterocycles. The highest BCUT2D eigenvalue weighted by atomic mass is 16.5. The van der Waals surface area contributed by atoms with Crippen molar-refractivity contribution in [1.29, 1.82) is 0 Å². The van der Waals surface area contributed by atoms with Gasteiger partial charge in [0.15, 0.2) is 5.78 Å². The number of carbonyl (C=O) groups is 1. The van der Waals surface area contributed by atoms with Gasteiger partial charge in [0.25, 0.3) is 0 Å². The van der Waals surface area contributed by atoms with Crippen molar-refractivity contribution in [3.8, 4) is 0 Å². The Hall–Kier alpha value is -1.19. The summed E-state index contributed by atoms with van der Waals surface area (Å²) in [5.74, 6) is 0.213. The summed E-state index contributed by atoms with van der Waals surface area (Å²) in [5.41, 5.74) is 3.23. The van der Waals surface area contributed by atoms with Crippen LogP contribution in [0.3, 0.4) is 0 Å². The minimum Gasteiger partial charge on any atom is -0.376 e. The third kappa shape index (κ3) is 3.28. The van der Waals surface area contributed by atoms with Crippen molar-refractivity contribution in [2.24, 2.45) is 0 Å². The number of morpholine rings is 1. The van der Waals surface area contributed by atoms with Gasteiger partial charge in [0.1, 0.15) is 0 Å². The normalized spacial score (nSPS) is 21.7. The maximum atomic E-state index is 12.6. The first kappa shape index (κ1) is 15.2. The number of ether oxygens (including phenoxy) is 1. The Morgan fingerprint density at radius 1 is 1.40 bits per heavy atom. The van der Waals surface area contributed by atoms with Crippen molar-refractivity contribution in [1.82, 2.24) is 4.90 Å². The predicted molar refractivity (Wildman–Crippen MR) is 81.3 cm³/mol. The fourth-order valence-electron chi connectivity index (χ4n) is 2.64. The van der Waals surface area contributed by atoms with Crippen molar-refractivity contribution in [3.05, 3.63) is 34.9 Å². The average molecular weight is 275 g/mol. The van der Waals surface area contributed by atoms with Gasteiger partial charge < -0.3 is 4.74 Å². The molecule has 0 saturated carbocycles. The van der Waals surface area contributed by atoms with E-state index in [0.29, 0.717) is 0 Å². The van der Waals surface area contributed by atoms with Crippen molar-refractivity contribution in [3.63, 3.8) is 0 Å². The van der Waals surface area contributed by atoms with E-state index in [4.69, 9.17) is 4.74 Å². The molecule has 1 aromatic rings. The van der Waals surface area contributed by atoms with Gasteiger partial charge in [-0.1, -0.05) is 19.1 Å².